The van der Waals surface area contributed by atoms with Crippen LogP contribution in [-0.2, 0) is 14.6 Å². The van der Waals surface area contributed by atoms with E-state index >= 15 is 0 Å². The maximum Gasteiger partial charge on any atom is 0.295 e. The fourth-order valence-corrected chi connectivity index (χ4v) is 5.41. The molecule has 8 heteroatoms. The van der Waals surface area contributed by atoms with Gasteiger partial charge in [0.15, 0.2) is 5.76 Å². The summed E-state index contributed by atoms with van der Waals surface area (Å²) in [5.41, 5.74) is 1.61. The second-order valence-corrected chi connectivity index (χ2v) is 9.97. The van der Waals surface area contributed by atoms with Crippen molar-refractivity contribution in [3.05, 3.63) is 105 Å². The summed E-state index contributed by atoms with van der Waals surface area (Å²) < 4.78 is 41.3. The van der Waals surface area contributed by atoms with E-state index in [1.54, 1.807) is 36.4 Å². The lowest BCUT2D eigenvalue weighted by Gasteiger charge is -2.27. The first-order chi connectivity index (χ1) is 14.7. The number of sulfone groups is 1. The maximum atomic E-state index is 13.6. The number of aryl methyl sites for hydroxylation is 1. The zero-order chi connectivity index (χ0) is 22.3. The van der Waals surface area contributed by atoms with E-state index in [9.17, 15) is 22.7 Å². The third-order valence-electron chi connectivity index (χ3n) is 5.07. The molecule has 3 aromatic rings. The number of amides is 1. The number of hydrogen-bond acceptors (Lipinski definition) is 4. The van der Waals surface area contributed by atoms with Gasteiger partial charge in [-0.05, 0) is 61.0 Å². The Balaban J connectivity index is 1.93. The lowest BCUT2D eigenvalue weighted by atomic mass is 10.1. The molecule has 0 unspecified atom stereocenters. The second-order valence-electron chi connectivity index (χ2n) is 7.14. The molecule has 158 valence electrons. The van der Waals surface area contributed by atoms with Gasteiger partial charge in [-0.2, -0.15) is 0 Å². The quantitative estimate of drug-likeness (QED) is 0.531. The smallest absolute Gasteiger partial charge is 0.295 e. The van der Waals surface area contributed by atoms with Crippen LogP contribution in [0.4, 0.5) is 10.1 Å². The van der Waals surface area contributed by atoms with Crippen LogP contribution in [0.5, 0.6) is 0 Å². The predicted molar refractivity (Wildman–Crippen MR) is 119 cm³/mol. The van der Waals surface area contributed by atoms with Gasteiger partial charge in [-0.15, -0.1) is 0 Å². The van der Waals surface area contributed by atoms with Crippen LogP contribution >= 0.6 is 15.9 Å². The van der Waals surface area contributed by atoms with E-state index in [4.69, 9.17) is 0 Å². The number of aliphatic hydroxyl groups is 1. The molecular formula is C23H17BrFNO4S. The Morgan fingerprint density at radius 2 is 1.52 bits per heavy atom. The number of rotatable bonds is 4. The first-order valence-corrected chi connectivity index (χ1v) is 11.6. The molecule has 0 bridgehead atoms. The fourth-order valence-electron chi connectivity index (χ4n) is 3.52. The van der Waals surface area contributed by atoms with Gasteiger partial charge >= 0.3 is 0 Å². The highest BCUT2D eigenvalue weighted by Crippen LogP contribution is 2.44. The minimum Gasteiger partial charge on any atom is -0.502 e. The Labute approximate surface area is 187 Å². The second kappa shape index (κ2) is 7.94. The highest BCUT2D eigenvalue weighted by atomic mass is 79.9. The molecule has 4 rings (SSSR count). The Bertz CT molecular complexity index is 1280. The molecule has 1 aliphatic heterocycles. The monoisotopic (exact) mass is 501 g/mol. The summed E-state index contributed by atoms with van der Waals surface area (Å²) in [4.78, 5) is 13.8. The molecule has 0 fully saturated rings. The molecule has 1 heterocycles. The largest absolute Gasteiger partial charge is 0.502 e. The number of carbonyl (C=O) groups excluding carboxylic acids is 1. The first-order valence-electron chi connectivity index (χ1n) is 9.29. The summed E-state index contributed by atoms with van der Waals surface area (Å²) >= 11 is 3.33. The lowest BCUT2D eigenvalue weighted by molar-refractivity contribution is -0.117. The zero-order valence-corrected chi connectivity index (χ0v) is 18.7. The van der Waals surface area contributed by atoms with E-state index < -0.39 is 38.3 Å². The number of benzene rings is 3. The van der Waals surface area contributed by atoms with Crippen molar-refractivity contribution in [2.24, 2.45) is 0 Å². The van der Waals surface area contributed by atoms with Gasteiger partial charge in [0.1, 0.15) is 16.8 Å². The first kappa shape index (κ1) is 21.3. The summed E-state index contributed by atoms with van der Waals surface area (Å²) in [6, 6.07) is 16.8. The number of nitrogens with zero attached hydrogens (tertiary/aromatic N) is 1. The summed E-state index contributed by atoms with van der Waals surface area (Å²) in [6.45, 7) is 1.82. The molecule has 31 heavy (non-hydrogen) atoms. The van der Waals surface area contributed by atoms with Crippen molar-refractivity contribution in [1.82, 2.24) is 0 Å². The average Bonchev–Trinajstić information content (AvgIpc) is 3.01. The molecule has 1 aliphatic rings. The van der Waals surface area contributed by atoms with Crippen LogP contribution < -0.4 is 4.90 Å². The van der Waals surface area contributed by atoms with Crippen molar-refractivity contribution < 1.29 is 22.7 Å². The average molecular weight is 502 g/mol. The summed E-state index contributed by atoms with van der Waals surface area (Å²) in [7, 11) is -4.23. The Morgan fingerprint density at radius 1 is 0.935 bits per heavy atom. The van der Waals surface area contributed by atoms with E-state index in [0.29, 0.717) is 11.3 Å². The minimum absolute atomic E-state index is 0.0442. The Morgan fingerprint density at radius 3 is 2.10 bits per heavy atom. The fraction of sp³-hybridized carbons (Fsp3) is 0.0870. The SMILES string of the molecule is Cc1ccc(S(=O)(=O)C2=C(O)C(=O)N(c3ccc(Br)cc3)[C@@H]2c2ccc(F)cc2)cc1. The summed E-state index contributed by atoms with van der Waals surface area (Å²) in [5.74, 6) is -2.19. The van der Waals surface area contributed by atoms with Gasteiger partial charge in [0.05, 0.1) is 4.90 Å². The standard InChI is InChI=1S/C23H17BrFNO4S/c1-14-2-12-19(13-3-14)31(29,30)22-20(15-4-8-17(25)9-5-15)26(23(28)21(22)27)18-10-6-16(24)7-11-18/h2-13,20,27H,1H3/t20-/m1/s1. The number of carbonyl (C=O) groups is 1. The minimum atomic E-state index is -4.23. The zero-order valence-electron chi connectivity index (χ0n) is 16.3. The topological polar surface area (TPSA) is 74.7 Å². The molecule has 1 amide bonds. The molecule has 0 radical (unpaired) electrons. The van der Waals surface area contributed by atoms with E-state index in [2.05, 4.69) is 15.9 Å². The molecular weight excluding hydrogens is 485 g/mol. The molecule has 3 aromatic carbocycles. The van der Waals surface area contributed by atoms with E-state index in [1.165, 1.54) is 41.3 Å². The van der Waals surface area contributed by atoms with Crippen LogP contribution in [0.25, 0.3) is 0 Å². The van der Waals surface area contributed by atoms with Gasteiger partial charge in [0.25, 0.3) is 5.91 Å². The van der Waals surface area contributed by atoms with Crippen LogP contribution in [0.15, 0.2) is 92.8 Å². The van der Waals surface area contributed by atoms with Gasteiger partial charge in [0.2, 0.25) is 9.84 Å². The normalized spacial score (nSPS) is 16.8. The Kier molecular flexibility index (Phi) is 5.45. The number of halogens is 2. The maximum absolute atomic E-state index is 13.6. The van der Waals surface area contributed by atoms with Crippen LogP contribution in [0.2, 0.25) is 0 Å². The van der Waals surface area contributed by atoms with Gasteiger partial charge in [-0.1, -0.05) is 45.8 Å². The van der Waals surface area contributed by atoms with Crippen LogP contribution in [0.3, 0.4) is 0 Å². The highest BCUT2D eigenvalue weighted by Gasteiger charge is 2.47. The number of hydrogen-bond donors (Lipinski definition) is 1. The van der Waals surface area contributed by atoms with Gasteiger partial charge < -0.3 is 5.11 Å². The molecule has 5 nitrogen and oxygen atoms in total. The molecule has 0 spiro atoms. The molecule has 1 atom stereocenters. The summed E-state index contributed by atoms with van der Waals surface area (Å²) in [5, 5.41) is 10.7. The molecule has 1 N–H and O–H groups in total. The van der Waals surface area contributed by atoms with Gasteiger partial charge in [-0.25, -0.2) is 12.8 Å². The van der Waals surface area contributed by atoms with E-state index in [-0.39, 0.29) is 4.90 Å². The third-order valence-corrected chi connectivity index (χ3v) is 7.49. The highest BCUT2D eigenvalue weighted by molar-refractivity contribution is 9.10. The van der Waals surface area contributed by atoms with Crippen molar-refractivity contribution in [1.29, 1.82) is 0 Å². The molecule has 0 aliphatic carbocycles. The molecule has 0 saturated heterocycles. The number of anilines is 1. The van der Waals surface area contributed by atoms with Crippen LogP contribution in [-0.4, -0.2) is 19.4 Å². The van der Waals surface area contributed by atoms with Gasteiger partial charge in [-0.3, -0.25) is 9.69 Å². The number of aliphatic hydroxyl groups excluding tert-OH is 1. The van der Waals surface area contributed by atoms with Crippen molar-refractivity contribution in [3.8, 4) is 0 Å². The Hall–Kier alpha value is -2.97. The predicted octanol–water partition coefficient (Wildman–Crippen LogP) is 5.23. The summed E-state index contributed by atoms with van der Waals surface area (Å²) in [6.07, 6.45) is 0. The van der Waals surface area contributed by atoms with E-state index in [0.717, 1.165) is 10.0 Å². The van der Waals surface area contributed by atoms with E-state index in [1.807, 2.05) is 6.92 Å². The van der Waals surface area contributed by atoms with Gasteiger partial charge in [0, 0.05) is 10.2 Å². The van der Waals surface area contributed by atoms with Crippen LogP contribution in [0, 0.1) is 12.7 Å². The van der Waals surface area contributed by atoms with Crippen molar-refractivity contribution in [2.75, 3.05) is 4.90 Å². The third kappa shape index (κ3) is 3.77. The van der Waals surface area contributed by atoms with Crippen molar-refractivity contribution in [3.63, 3.8) is 0 Å². The molecule has 0 saturated carbocycles. The molecule has 0 aromatic heterocycles. The van der Waals surface area contributed by atoms with Crippen LogP contribution in [0.1, 0.15) is 17.2 Å². The van der Waals surface area contributed by atoms with Crippen molar-refractivity contribution in [2.45, 2.75) is 17.9 Å². The van der Waals surface area contributed by atoms with Crippen molar-refractivity contribution >= 4 is 37.4 Å². The lowest BCUT2D eigenvalue weighted by Crippen LogP contribution is -2.31.